The molecule has 0 aliphatic heterocycles. The number of likely N-dealkylation sites (N-methyl/N-ethyl adjacent to an activating group) is 1. The topological polar surface area (TPSA) is 108 Å². The zero-order chi connectivity index (χ0) is 62.6. The minimum absolute atomic E-state index is 0.0225. The molecule has 0 heterocycles. The van der Waals surface area contributed by atoms with E-state index >= 15 is 0 Å². The van der Waals surface area contributed by atoms with Crippen molar-refractivity contribution in [1.82, 2.24) is 0 Å². The van der Waals surface area contributed by atoms with Gasteiger partial charge in [0.05, 0.1) is 27.7 Å². The smallest absolute Gasteiger partial charge is 0.462 e. The number of carbonyl (C=O) groups is 2. The number of hydrogen-bond donors (Lipinski definition) is 1. The van der Waals surface area contributed by atoms with Gasteiger partial charge >= 0.3 is 19.8 Å². The van der Waals surface area contributed by atoms with Crippen molar-refractivity contribution in [3.63, 3.8) is 0 Å². The van der Waals surface area contributed by atoms with Gasteiger partial charge in [0, 0.05) is 12.8 Å². The van der Waals surface area contributed by atoms with E-state index in [2.05, 4.69) is 123 Å². The maximum Gasteiger partial charge on any atom is 0.472 e. The maximum absolute atomic E-state index is 12.8. The van der Waals surface area contributed by atoms with Crippen LogP contribution in [-0.2, 0) is 32.7 Å². The van der Waals surface area contributed by atoms with Gasteiger partial charge in [0.25, 0.3) is 0 Å². The first kappa shape index (κ1) is 82.7. The standard InChI is InChI=1S/C76H134NO8P/c1-6-8-10-12-14-16-18-20-22-24-26-28-30-31-32-33-34-35-36-37-38-39-40-41-42-43-44-45-47-48-50-52-54-56-58-60-62-64-66-68-75(78)82-72-74(73-84-86(80,81)83-71-70-77(3,4)5)85-76(79)69-67-65-63-61-59-57-55-53-51-49-46-29-27-25-23-21-19-17-15-13-11-9-7-2/h9,11,15,17-18,20-21,23-24,26-27,29-31,49,51,55,57,74H,6-8,10,12-14,16,19,22,25,28,32-48,50,52-54,56,58-73H2,1-5H3/p+1/b11-9-,17-15-,20-18-,23-21-,26-24-,29-27-,31-30-,51-49-,57-55-. The number of esters is 2. The summed E-state index contributed by atoms with van der Waals surface area (Å²) in [4.78, 5) is 35.8. The number of hydrogen-bond acceptors (Lipinski definition) is 7. The van der Waals surface area contributed by atoms with Crippen LogP contribution in [0.25, 0.3) is 0 Å². The van der Waals surface area contributed by atoms with Crippen LogP contribution in [0.5, 0.6) is 0 Å². The summed E-state index contributed by atoms with van der Waals surface area (Å²) in [5.74, 6) is -0.822. The number of phosphoric ester groups is 1. The molecule has 496 valence electrons. The Labute approximate surface area is 531 Å². The Balaban J connectivity index is 3.99. The van der Waals surface area contributed by atoms with Gasteiger partial charge in [0.1, 0.15) is 19.8 Å². The number of unbranched alkanes of at least 4 members (excludes halogenated alkanes) is 33. The molecular formula is C76H135NO8P+. The van der Waals surface area contributed by atoms with E-state index in [1.165, 1.54) is 180 Å². The van der Waals surface area contributed by atoms with Crippen LogP contribution in [0.4, 0.5) is 0 Å². The molecule has 2 unspecified atom stereocenters. The lowest BCUT2D eigenvalue weighted by Crippen LogP contribution is -2.37. The molecule has 0 amide bonds. The molecule has 1 N–H and O–H groups in total. The summed E-state index contributed by atoms with van der Waals surface area (Å²) in [7, 11) is 1.46. The number of quaternary nitrogens is 1. The van der Waals surface area contributed by atoms with Gasteiger partial charge in [-0.15, -0.1) is 0 Å². The van der Waals surface area contributed by atoms with Crippen LogP contribution >= 0.6 is 7.82 Å². The third-order valence-corrected chi connectivity index (χ3v) is 16.3. The molecule has 0 aliphatic rings. The van der Waals surface area contributed by atoms with Gasteiger partial charge in [-0.25, -0.2) is 4.57 Å². The SMILES string of the molecule is CC/C=C\C/C=C\C/C=C\C/C=C\C/C=C\C/C=C\CCCCCCC(=O)OC(COC(=O)CCCCCCCCCCCCCCCCCCCCCCCCCC/C=C\C/C=C\C/C=C\CCCCCCC)COP(=O)(O)OCC[N+](C)(C)C. The number of allylic oxidation sites excluding steroid dienone is 18. The van der Waals surface area contributed by atoms with Gasteiger partial charge in [-0.1, -0.05) is 303 Å². The summed E-state index contributed by atoms with van der Waals surface area (Å²) in [6.07, 6.45) is 93.5. The number of phosphoric acid groups is 1. The van der Waals surface area contributed by atoms with Crippen LogP contribution in [-0.4, -0.2) is 74.9 Å². The quantitative estimate of drug-likeness (QED) is 0.0211. The van der Waals surface area contributed by atoms with Crippen LogP contribution in [0, 0.1) is 0 Å². The Morgan fingerprint density at radius 1 is 0.372 bits per heavy atom. The van der Waals surface area contributed by atoms with Crippen molar-refractivity contribution in [2.75, 3.05) is 47.5 Å². The first-order chi connectivity index (χ1) is 42.0. The van der Waals surface area contributed by atoms with Gasteiger partial charge < -0.3 is 18.9 Å². The summed E-state index contributed by atoms with van der Waals surface area (Å²) in [6.45, 7) is 4.30. The van der Waals surface area contributed by atoms with E-state index in [-0.39, 0.29) is 32.0 Å². The molecule has 86 heavy (non-hydrogen) atoms. The highest BCUT2D eigenvalue weighted by Gasteiger charge is 2.27. The van der Waals surface area contributed by atoms with E-state index in [4.69, 9.17) is 18.5 Å². The summed E-state index contributed by atoms with van der Waals surface area (Å²) < 4.78 is 34.7. The molecule has 0 saturated carbocycles. The van der Waals surface area contributed by atoms with Crippen LogP contribution in [0.1, 0.15) is 309 Å². The molecule has 9 nitrogen and oxygen atoms in total. The zero-order valence-corrected chi connectivity index (χ0v) is 57.4. The minimum Gasteiger partial charge on any atom is -0.462 e. The van der Waals surface area contributed by atoms with E-state index in [0.717, 1.165) is 96.3 Å². The van der Waals surface area contributed by atoms with E-state index in [1.807, 2.05) is 21.1 Å². The summed E-state index contributed by atoms with van der Waals surface area (Å²) in [5.41, 5.74) is 0. The fraction of sp³-hybridized carbons (Fsp3) is 0.737. The number of carbonyl (C=O) groups excluding carboxylic acids is 2. The van der Waals surface area contributed by atoms with Crippen molar-refractivity contribution < 1.29 is 42.1 Å². The first-order valence-corrected chi connectivity index (χ1v) is 37.1. The second kappa shape index (κ2) is 66.1. The molecule has 0 radical (unpaired) electrons. The summed E-state index contributed by atoms with van der Waals surface area (Å²) >= 11 is 0. The van der Waals surface area contributed by atoms with Crippen LogP contribution in [0.2, 0.25) is 0 Å². The molecule has 0 saturated heterocycles. The Hall–Kier alpha value is -3.33. The van der Waals surface area contributed by atoms with Crippen molar-refractivity contribution in [3.05, 3.63) is 109 Å². The molecule has 0 aliphatic carbocycles. The Kier molecular flexibility index (Phi) is 63.5. The highest BCUT2D eigenvalue weighted by atomic mass is 31.2. The Bertz CT molecular complexity index is 1820. The van der Waals surface area contributed by atoms with Gasteiger partial charge in [-0.2, -0.15) is 0 Å². The second-order valence-corrected chi connectivity index (χ2v) is 26.3. The molecule has 0 aromatic carbocycles. The molecule has 0 aromatic rings. The van der Waals surface area contributed by atoms with Gasteiger partial charge in [0.15, 0.2) is 6.10 Å². The first-order valence-electron chi connectivity index (χ1n) is 35.6. The lowest BCUT2D eigenvalue weighted by molar-refractivity contribution is -0.870. The van der Waals surface area contributed by atoms with Crippen LogP contribution in [0.3, 0.4) is 0 Å². The van der Waals surface area contributed by atoms with E-state index in [0.29, 0.717) is 17.4 Å². The molecule has 0 spiro atoms. The largest absolute Gasteiger partial charge is 0.472 e. The summed E-state index contributed by atoms with van der Waals surface area (Å²) in [5, 5.41) is 0. The maximum atomic E-state index is 12.8. The normalized spacial score (nSPS) is 13.8. The minimum atomic E-state index is -4.40. The highest BCUT2D eigenvalue weighted by molar-refractivity contribution is 7.47. The summed E-state index contributed by atoms with van der Waals surface area (Å²) in [6, 6.07) is 0. The molecular weight excluding hydrogens is 1090 g/mol. The van der Waals surface area contributed by atoms with Gasteiger partial charge in [-0.3, -0.25) is 18.6 Å². The number of nitrogens with zero attached hydrogens (tertiary/aromatic N) is 1. The van der Waals surface area contributed by atoms with Crippen molar-refractivity contribution in [1.29, 1.82) is 0 Å². The predicted molar refractivity (Wildman–Crippen MR) is 371 cm³/mol. The number of ether oxygens (including phenoxy) is 2. The molecule has 2 atom stereocenters. The monoisotopic (exact) mass is 1220 g/mol. The third kappa shape index (κ3) is 69.8. The van der Waals surface area contributed by atoms with Crippen molar-refractivity contribution in [2.24, 2.45) is 0 Å². The van der Waals surface area contributed by atoms with E-state index in [9.17, 15) is 19.0 Å². The molecule has 0 bridgehead atoms. The second-order valence-electron chi connectivity index (χ2n) is 24.9. The Morgan fingerprint density at radius 3 is 0.988 bits per heavy atom. The van der Waals surface area contributed by atoms with E-state index in [1.54, 1.807) is 0 Å². The Morgan fingerprint density at radius 2 is 0.663 bits per heavy atom. The van der Waals surface area contributed by atoms with Crippen LogP contribution in [0.15, 0.2) is 109 Å². The lowest BCUT2D eigenvalue weighted by atomic mass is 10.0. The third-order valence-electron chi connectivity index (χ3n) is 15.3. The average Bonchev–Trinajstić information content (AvgIpc) is 3.56. The van der Waals surface area contributed by atoms with E-state index < -0.39 is 26.5 Å². The fourth-order valence-electron chi connectivity index (χ4n) is 9.85. The lowest BCUT2D eigenvalue weighted by Gasteiger charge is -2.24. The predicted octanol–water partition coefficient (Wildman–Crippen LogP) is 23.3. The fourth-order valence-corrected chi connectivity index (χ4v) is 10.6. The molecule has 0 fully saturated rings. The zero-order valence-electron chi connectivity index (χ0n) is 56.5. The van der Waals surface area contributed by atoms with Crippen molar-refractivity contribution >= 4 is 19.8 Å². The van der Waals surface area contributed by atoms with Crippen molar-refractivity contribution in [3.8, 4) is 0 Å². The molecule has 10 heteroatoms. The number of rotatable bonds is 65. The van der Waals surface area contributed by atoms with Crippen LogP contribution < -0.4 is 0 Å². The average molecular weight is 1220 g/mol. The highest BCUT2D eigenvalue weighted by Crippen LogP contribution is 2.43. The molecule has 0 rings (SSSR count). The van der Waals surface area contributed by atoms with Crippen molar-refractivity contribution in [2.45, 2.75) is 315 Å². The van der Waals surface area contributed by atoms with Gasteiger partial charge in [0.2, 0.25) is 0 Å². The molecule has 0 aromatic heterocycles. The van der Waals surface area contributed by atoms with Gasteiger partial charge in [-0.05, 0) is 103 Å².